The number of ether oxygens (including phenoxy) is 1. The maximum Gasteiger partial charge on any atom is 0.247 e. The van der Waals surface area contributed by atoms with Gasteiger partial charge in [-0.05, 0) is 70.8 Å². The summed E-state index contributed by atoms with van der Waals surface area (Å²) in [6.07, 6.45) is 6.93. The van der Waals surface area contributed by atoms with Crippen molar-refractivity contribution in [3.05, 3.63) is 137 Å². The molecule has 3 aliphatic rings. The fourth-order valence-electron chi connectivity index (χ4n) is 8.01. The van der Waals surface area contributed by atoms with Gasteiger partial charge >= 0.3 is 0 Å². The lowest BCUT2D eigenvalue weighted by Crippen LogP contribution is -2.67. The van der Waals surface area contributed by atoms with Gasteiger partial charge in [0.05, 0.1) is 11.6 Å². The molecule has 0 bridgehead atoms. The normalized spacial score (nSPS) is 19.4. The maximum atomic E-state index is 14.8. The van der Waals surface area contributed by atoms with E-state index < -0.39 is 18.1 Å². The molecule has 2 aliphatic heterocycles. The number of hydrogen-bond acceptors (Lipinski definition) is 5. The standard InChI is InChI=1S/C43H44N4O4/c44-27-32-18-20-34(21-19-32)40(41(48)45-23-22-31-14-9-17-37(24-31)51-29-33-12-5-2-6-13-33)47-39(25-30-10-3-1-4-11-30)42(49)46-28-36-16-8-7-15-35(36)26-38(46)43(47)50/h2,5-9,12-21,24,30,38-40H,1,3-4,10-11,22-23,25-26,28-29H2,(H,45,48). The summed E-state index contributed by atoms with van der Waals surface area (Å²) in [6, 6.07) is 32.4. The van der Waals surface area contributed by atoms with E-state index in [9.17, 15) is 19.6 Å². The number of hydrogen-bond donors (Lipinski definition) is 1. The quantitative estimate of drug-likeness (QED) is 0.191. The average Bonchev–Trinajstić information content (AvgIpc) is 3.18. The van der Waals surface area contributed by atoms with Gasteiger partial charge in [0.25, 0.3) is 0 Å². The highest BCUT2D eigenvalue weighted by Crippen LogP contribution is 2.38. The van der Waals surface area contributed by atoms with Crippen LogP contribution >= 0.6 is 0 Å². The first-order valence-corrected chi connectivity index (χ1v) is 18.2. The van der Waals surface area contributed by atoms with E-state index in [2.05, 4.69) is 11.4 Å². The Morgan fingerprint density at radius 1 is 0.843 bits per heavy atom. The van der Waals surface area contributed by atoms with Gasteiger partial charge in [-0.25, -0.2) is 0 Å². The van der Waals surface area contributed by atoms with E-state index in [0.29, 0.717) is 56.0 Å². The minimum absolute atomic E-state index is 0.0848. The molecule has 0 radical (unpaired) electrons. The Labute approximate surface area is 300 Å². The Hall–Kier alpha value is -5.42. The maximum absolute atomic E-state index is 14.8. The Bertz CT molecular complexity index is 1900. The van der Waals surface area contributed by atoms with Gasteiger partial charge in [0.1, 0.15) is 30.5 Å². The van der Waals surface area contributed by atoms with Gasteiger partial charge in [-0.1, -0.05) is 111 Å². The van der Waals surface area contributed by atoms with Gasteiger partial charge in [-0.3, -0.25) is 14.4 Å². The summed E-state index contributed by atoms with van der Waals surface area (Å²) in [5.74, 6) is 0.434. The number of piperazine rings is 1. The molecular weight excluding hydrogens is 636 g/mol. The van der Waals surface area contributed by atoms with Gasteiger partial charge in [0, 0.05) is 19.5 Å². The van der Waals surface area contributed by atoms with Crippen LogP contribution in [0.3, 0.4) is 0 Å². The molecule has 4 aromatic rings. The van der Waals surface area contributed by atoms with Crippen LogP contribution in [0.5, 0.6) is 5.75 Å². The van der Waals surface area contributed by atoms with Crippen LogP contribution in [0.15, 0.2) is 103 Å². The molecular formula is C43H44N4O4. The van der Waals surface area contributed by atoms with Crippen LogP contribution in [0.1, 0.15) is 77.9 Å². The highest BCUT2D eigenvalue weighted by molar-refractivity contribution is 6.00. The molecule has 3 amide bonds. The fourth-order valence-corrected chi connectivity index (χ4v) is 8.01. The first kappa shape index (κ1) is 34.0. The summed E-state index contributed by atoms with van der Waals surface area (Å²) in [6.45, 7) is 1.18. The second-order valence-electron chi connectivity index (χ2n) is 14.1. The molecule has 3 atom stereocenters. The number of nitriles is 1. The lowest BCUT2D eigenvalue weighted by molar-refractivity contribution is -0.169. The molecule has 1 saturated carbocycles. The Kier molecular flexibility index (Phi) is 10.4. The number of nitrogens with zero attached hydrogens (tertiary/aromatic N) is 3. The second kappa shape index (κ2) is 15.6. The Morgan fingerprint density at radius 3 is 2.33 bits per heavy atom. The number of benzene rings is 4. The third kappa shape index (κ3) is 7.68. The second-order valence-corrected chi connectivity index (χ2v) is 14.1. The van der Waals surface area contributed by atoms with Gasteiger partial charge in [0.2, 0.25) is 17.7 Å². The number of rotatable bonds is 11. The molecule has 3 unspecified atom stereocenters. The zero-order chi connectivity index (χ0) is 35.2. The average molecular weight is 681 g/mol. The molecule has 1 aliphatic carbocycles. The van der Waals surface area contributed by atoms with E-state index in [4.69, 9.17) is 4.74 Å². The molecule has 8 heteroatoms. The Balaban J connectivity index is 1.15. The Morgan fingerprint density at radius 2 is 1.57 bits per heavy atom. The van der Waals surface area contributed by atoms with Gasteiger partial charge in [-0.15, -0.1) is 0 Å². The molecule has 7 rings (SSSR count). The van der Waals surface area contributed by atoms with Crippen molar-refractivity contribution in [3.63, 3.8) is 0 Å². The summed E-state index contributed by atoms with van der Waals surface area (Å²) in [4.78, 5) is 47.2. The van der Waals surface area contributed by atoms with Crippen LogP contribution in [0.4, 0.5) is 0 Å². The molecule has 2 heterocycles. The van der Waals surface area contributed by atoms with E-state index in [1.165, 1.54) is 6.42 Å². The van der Waals surface area contributed by atoms with Crippen molar-refractivity contribution in [2.75, 3.05) is 6.54 Å². The van der Waals surface area contributed by atoms with Gasteiger partial charge in [0.15, 0.2) is 0 Å². The molecule has 51 heavy (non-hydrogen) atoms. The van der Waals surface area contributed by atoms with Crippen LogP contribution in [0, 0.1) is 17.2 Å². The molecule has 2 fully saturated rings. The first-order chi connectivity index (χ1) is 25.0. The summed E-state index contributed by atoms with van der Waals surface area (Å²) in [5, 5.41) is 12.6. The van der Waals surface area contributed by atoms with E-state index in [1.807, 2.05) is 78.9 Å². The monoisotopic (exact) mass is 680 g/mol. The summed E-state index contributed by atoms with van der Waals surface area (Å²) in [5.41, 5.74) is 5.25. The number of amides is 3. The SMILES string of the molecule is N#Cc1ccc(C(C(=O)NCCc2cccc(OCc3ccccc3)c2)N2C(=O)C3Cc4ccccc4CN3C(=O)C2CC2CCCCC2)cc1. The van der Waals surface area contributed by atoms with E-state index in [1.54, 1.807) is 34.1 Å². The largest absolute Gasteiger partial charge is 0.489 e. The van der Waals surface area contributed by atoms with Crippen molar-refractivity contribution in [1.29, 1.82) is 5.26 Å². The number of nitrogens with one attached hydrogen (secondary N) is 1. The van der Waals surface area contributed by atoms with Gasteiger partial charge in [-0.2, -0.15) is 5.26 Å². The minimum Gasteiger partial charge on any atom is -0.489 e. The minimum atomic E-state index is -1.03. The van der Waals surface area contributed by atoms with Crippen molar-refractivity contribution < 1.29 is 19.1 Å². The number of carbonyl (C=O) groups is 3. The van der Waals surface area contributed by atoms with Crippen molar-refractivity contribution >= 4 is 17.7 Å². The predicted octanol–water partition coefficient (Wildman–Crippen LogP) is 6.67. The topological polar surface area (TPSA) is 103 Å². The smallest absolute Gasteiger partial charge is 0.247 e. The van der Waals surface area contributed by atoms with Crippen LogP contribution in [0.2, 0.25) is 0 Å². The van der Waals surface area contributed by atoms with Crippen LogP contribution in [-0.2, 0) is 40.4 Å². The number of fused-ring (bicyclic) bond motifs is 2. The molecule has 260 valence electrons. The molecule has 0 spiro atoms. The molecule has 0 aromatic heterocycles. The lowest BCUT2D eigenvalue weighted by atomic mass is 9.81. The molecule has 1 saturated heterocycles. The fraction of sp³-hybridized carbons (Fsp3) is 0.349. The number of carbonyl (C=O) groups excluding carboxylic acids is 3. The van der Waals surface area contributed by atoms with Crippen molar-refractivity contribution in [2.24, 2.45) is 5.92 Å². The zero-order valence-corrected chi connectivity index (χ0v) is 28.9. The third-order valence-electron chi connectivity index (χ3n) is 10.7. The molecule has 8 nitrogen and oxygen atoms in total. The van der Waals surface area contributed by atoms with Gasteiger partial charge < -0.3 is 19.9 Å². The highest BCUT2D eigenvalue weighted by atomic mass is 16.5. The van der Waals surface area contributed by atoms with E-state index in [-0.39, 0.29) is 17.7 Å². The highest BCUT2D eigenvalue weighted by Gasteiger charge is 2.51. The van der Waals surface area contributed by atoms with Crippen molar-refractivity contribution in [1.82, 2.24) is 15.1 Å². The van der Waals surface area contributed by atoms with Crippen molar-refractivity contribution in [2.45, 2.75) is 82.6 Å². The lowest BCUT2D eigenvalue weighted by Gasteiger charge is -2.50. The van der Waals surface area contributed by atoms with Crippen LogP contribution in [0.25, 0.3) is 0 Å². The van der Waals surface area contributed by atoms with Crippen molar-refractivity contribution in [3.8, 4) is 11.8 Å². The van der Waals surface area contributed by atoms with Crippen LogP contribution < -0.4 is 10.1 Å². The predicted molar refractivity (Wildman–Crippen MR) is 194 cm³/mol. The third-order valence-corrected chi connectivity index (χ3v) is 10.7. The van der Waals surface area contributed by atoms with Crippen LogP contribution in [-0.4, -0.2) is 46.1 Å². The summed E-state index contributed by atoms with van der Waals surface area (Å²) < 4.78 is 6.03. The summed E-state index contributed by atoms with van der Waals surface area (Å²) in [7, 11) is 0. The first-order valence-electron chi connectivity index (χ1n) is 18.2. The van der Waals surface area contributed by atoms with E-state index >= 15 is 0 Å². The summed E-state index contributed by atoms with van der Waals surface area (Å²) >= 11 is 0. The molecule has 1 N–H and O–H groups in total. The zero-order valence-electron chi connectivity index (χ0n) is 28.9. The van der Waals surface area contributed by atoms with E-state index in [0.717, 1.165) is 53.7 Å². The molecule has 4 aromatic carbocycles.